The summed E-state index contributed by atoms with van der Waals surface area (Å²) < 4.78 is 1.15. The second-order valence-electron chi connectivity index (χ2n) is 3.72. The summed E-state index contributed by atoms with van der Waals surface area (Å²) in [6, 6.07) is 4.16. The van der Waals surface area contributed by atoms with Crippen LogP contribution in [0.3, 0.4) is 0 Å². The van der Waals surface area contributed by atoms with Crippen molar-refractivity contribution in [1.29, 1.82) is 0 Å². The SMILES string of the molecule is CC(=O)C1(Cc2ccc(Br)s2)CC1. The monoisotopic (exact) mass is 258 g/mol. The highest BCUT2D eigenvalue weighted by molar-refractivity contribution is 9.11. The summed E-state index contributed by atoms with van der Waals surface area (Å²) in [5.74, 6) is 0.358. The van der Waals surface area contributed by atoms with Crippen LogP contribution in [0.15, 0.2) is 15.9 Å². The molecule has 1 saturated carbocycles. The predicted octanol–water partition coefficient (Wildman–Crippen LogP) is 3.42. The molecule has 0 bridgehead atoms. The number of ketones is 1. The molecule has 2 rings (SSSR count). The first-order chi connectivity index (χ1) is 6.12. The van der Waals surface area contributed by atoms with Gasteiger partial charge in [0.2, 0.25) is 0 Å². The summed E-state index contributed by atoms with van der Waals surface area (Å²) in [6.07, 6.45) is 3.11. The lowest BCUT2D eigenvalue weighted by molar-refractivity contribution is -0.121. The van der Waals surface area contributed by atoms with E-state index in [0.717, 1.165) is 23.0 Å². The summed E-state index contributed by atoms with van der Waals surface area (Å²) in [6.45, 7) is 1.72. The number of rotatable bonds is 3. The van der Waals surface area contributed by atoms with Crippen molar-refractivity contribution in [3.05, 3.63) is 20.8 Å². The molecule has 0 aliphatic heterocycles. The summed E-state index contributed by atoms with van der Waals surface area (Å²) in [5, 5.41) is 0. The van der Waals surface area contributed by atoms with Crippen LogP contribution in [0.1, 0.15) is 24.6 Å². The molecule has 13 heavy (non-hydrogen) atoms. The number of halogens is 1. The maximum absolute atomic E-state index is 11.3. The molecule has 0 amide bonds. The minimum atomic E-state index is 0.0181. The van der Waals surface area contributed by atoms with Gasteiger partial charge in [-0.05, 0) is 54.2 Å². The smallest absolute Gasteiger partial charge is 0.136 e. The van der Waals surface area contributed by atoms with Gasteiger partial charge < -0.3 is 0 Å². The van der Waals surface area contributed by atoms with Gasteiger partial charge in [-0.1, -0.05) is 0 Å². The average Bonchev–Trinajstić information content (AvgIpc) is 2.72. The Labute approximate surface area is 90.3 Å². The van der Waals surface area contributed by atoms with E-state index in [1.165, 1.54) is 4.88 Å². The molecule has 0 unspecified atom stereocenters. The van der Waals surface area contributed by atoms with Crippen LogP contribution in [0.4, 0.5) is 0 Å². The number of carbonyl (C=O) groups excluding carboxylic acids is 1. The lowest BCUT2D eigenvalue weighted by atomic mass is 9.97. The standard InChI is InChI=1S/C10H11BrOS/c1-7(12)10(4-5-10)6-8-2-3-9(11)13-8/h2-3H,4-6H2,1H3. The molecule has 0 N–H and O–H groups in total. The number of hydrogen-bond donors (Lipinski definition) is 0. The van der Waals surface area contributed by atoms with Crippen LogP contribution in [0.5, 0.6) is 0 Å². The predicted molar refractivity (Wildman–Crippen MR) is 58.1 cm³/mol. The Morgan fingerprint density at radius 3 is 2.69 bits per heavy atom. The van der Waals surface area contributed by atoms with Crippen molar-refractivity contribution in [2.75, 3.05) is 0 Å². The maximum Gasteiger partial charge on any atom is 0.136 e. The summed E-state index contributed by atoms with van der Waals surface area (Å²) in [5.41, 5.74) is 0.0181. The normalized spacial score (nSPS) is 18.6. The molecule has 1 aromatic heterocycles. The van der Waals surface area contributed by atoms with Crippen molar-refractivity contribution in [2.45, 2.75) is 26.2 Å². The van der Waals surface area contributed by atoms with Crippen molar-refractivity contribution in [3.63, 3.8) is 0 Å². The van der Waals surface area contributed by atoms with Gasteiger partial charge in [-0.15, -0.1) is 11.3 Å². The van der Waals surface area contributed by atoms with E-state index in [-0.39, 0.29) is 5.41 Å². The number of carbonyl (C=O) groups is 1. The molecule has 1 heterocycles. The highest BCUT2D eigenvalue weighted by atomic mass is 79.9. The second kappa shape index (κ2) is 3.21. The summed E-state index contributed by atoms with van der Waals surface area (Å²) in [7, 11) is 0. The van der Waals surface area contributed by atoms with Crippen molar-refractivity contribution in [1.82, 2.24) is 0 Å². The fraction of sp³-hybridized carbons (Fsp3) is 0.500. The van der Waals surface area contributed by atoms with Crippen LogP contribution in [0, 0.1) is 5.41 Å². The topological polar surface area (TPSA) is 17.1 Å². The molecule has 1 aliphatic carbocycles. The largest absolute Gasteiger partial charge is 0.299 e. The number of thiophene rings is 1. The number of Topliss-reactive ketones (excluding diaryl/α,β-unsaturated/α-hetero) is 1. The zero-order chi connectivity index (χ0) is 9.47. The fourth-order valence-corrected chi connectivity index (χ4v) is 3.21. The Balaban J connectivity index is 2.10. The maximum atomic E-state index is 11.3. The fourth-order valence-electron chi connectivity index (χ4n) is 1.58. The van der Waals surface area contributed by atoms with Crippen molar-refractivity contribution >= 4 is 33.0 Å². The molecular formula is C10H11BrOS. The van der Waals surface area contributed by atoms with Crippen LogP contribution in [0.2, 0.25) is 0 Å². The first kappa shape index (κ1) is 9.41. The molecule has 0 saturated heterocycles. The van der Waals surface area contributed by atoms with E-state index in [2.05, 4.69) is 28.1 Å². The van der Waals surface area contributed by atoms with Crippen LogP contribution in [0.25, 0.3) is 0 Å². The van der Waals surface area contributed by atoms with Gasteiger partial charge in [-0.2, -0.15) is 0 Å². The van der Waals surface area contributed by atoms with Crippen LogP contribution < -0.4 is 0 Å². The molecule has 1 nitrogen and oxygen atoms in total. The molecular weight excluding hydrogens is 248 g/mol. The Bertz CT molecular complexity index is 338. The van der Waals surface area contributed by atoms with Gasteiger partial charge in [0.25, 0.3) is 0 Å². The lowest BCUT2D eigenvalue weighted by Crippen LogP contribution is -2.14. The first-order valence-electron chi connectivity index (χ1n) is 4.38. The van der Waals surface area contributed by atoms with E-state index in [4.69, 9.17) is 0 Å². The van der Waals surface area contributed by atoms with Gasteiger partial charge in [-0.3, -0.25) is 4.79 Å². The molecule has 0 radical (unpaired) electrons. The van der Waals surface area contributed by atoms with Crippen molar-refractivity contribution in [2.24, 2.45) is 5.41 Å². The van der Waals surface area contributed by atoms with Gasteiger partial charge in [-0.25, -0.2) is 0 Å². The Morgan fingerprint density at radius 2 is 2.31 bits per heavy atom. The van der Waals surface area contributed by atoms with E-state index in [1.54, 1.807) is 18.3 Å². The van der Waals surface area contributed by atoms with Crippen molar-refractivity contribution < 1.29 is 4.79 Å². The molecule has 70 valence electrons. The Hall–Kier alpha value is -0.150. The number of hydrogen-bond acceptors (Lipinski definition) is 2. The summed E-state index contributed by atoms with van der Waals surface area (Å²) in [4.78, 5) is 12.7. The molecule has 0 aromatic carbocycles. The van der Waals surface area contributed by atoms with Gasteiger partial charge in [0.1, 0.15) is 5.78 Å². The zero-order valence-electron chi connectivity index (χ0n) is 7.47. The van der Waals surface area contributed by atoms with Crippen LogP contribution in [-0.4, -0.2) is 5.78 Å². The van der Waals surface area contributed by atoms with Gasteiger partial charge in [0.05, 0.1) is 3.79 Å². The first-order valence-corrected chi connectivity index (χ1v) is 5.99. The molecule has 0 spiro atoms. The van der Waals surface area contributed by atoms with E-state index >= 15 is 0 Å². The van der Waals surface area contributed by atoms with Gasteiger partial charge >= 0.3 is 0 Å². The Morgan fingerprint density at radius 1 is 1.62 bits per heavy atom. The highest BCUT2D eigenvalue weighted by Gasteiger charge is 2.47. The van der Waals surface area contributed by atoms with E-state index in [1.807, 2.05) is 0 Å². The van der Waals surface area contributed by atoms with E-state index in [9.17, 15) is 4.79 Å². The Kier molecular flexibility index (Phi) is 2.32. The summed E-state index contributed by atoms with van der Waals surface area (Å²) >= 11 is 5.17. The second-order valence-corrected chi connectivity index (χ2v) is 6.27. The average molecular weight is 259 g/mol. The molecule has 1 aromatic rings. The molecule has 1 fully saturated rings. The van der Waals surface area contributed by atoms with Crippen molar-refractivity contribution in [3.8, 4) is 0 Å². The lowest BCUT2D eigenvalue weighted by Gasteiger charge is -2.08. The third kappa shape index (κ3) is 1.86. The third-order valence-corrected chi connectivity index (χ3v) is 4.37. The minimum Gasteiger partial charge on any atom is -0.299 e. The minimum absolute atomic E-state index is 0.0181. The van der Waals surface area contributed by atoms with E-state index < -0.39 is 0 Å². The molecule has 0 atom stereocenters. The van der Waals surface area contributed by atoms with Crippen LogP contribution >= 0.6 is 27.3 Å². The zero-order valence-corrected chi connectivity index (χ0v) is 9.87. The quantitative estimate of drug-likeness (QED) is 0.812. The van der Waals surface area contributed by atoms with Crippen LogP contribution in [-0.2, 0) is 11.2 Å². The van der Waals surface area contributed by atoms with Gasteiger partial charge in [0, 0.05) is 10.3 Å². The molecule has 1 aliphatic rings. The highest BCUT2D eigenvalue weighted by Crippen LogP contribution is 2.50. The third-order valence-electron chi connectivity index (χ3n) is 2.74. The van der Waals surface area contributed by atoms with Gasteiger partial charge in [0.15, 0.2) is 0 Å². The molecule has 3 heteroatoms. The van der Waals surface area contributed by atoms with E-state index in [0.29, 0.717) is 5.78 Å².